The molecule has 0 bridgehead atoms. The summed E-state index contributed by atoms with van der Waals surface area (Å²) in [4.78, 5) is 7.19. The molecule has 0 aliphatic heterocycles. The molecule has 136 valence electrons. The lowest BCUT2D eigenvalue weighted by Gasteiger charge is -2.17. The molecule has 0 amide bonds. The molecule has 3 rings (SSSR count). The quantitative estimate of drug-likeness (QED) is 0.543. The summed E-state index contributed by atoms with van der Waals surface area (Å²) < 4.78 is 19.5. The van der Waals surface area contributed by atoms with Crippen molar-refractivity contribution in [2.75, 3.05) is 19.0 Å². The molecule has 0 saturated heterocycles. The summed E-state index contributed by atoms with van der Waals surface area (Å²) in [6.45, 7) is 2.52. The van der Waals surface area contributed by atoms with E-state index >= 15 is 0 Å². The van der Waals surface area contributed by atoms with Crippen molar-refractivity contribution >= 4 is 28.5 Å². The second-order valence-electron chi connectivity index (χ2n) is 6.06. The Morgan fingerprint density at radius 1 is 1.31 bits per heavy atom. The van der Waals surface area contributed by atoms with Crippen molar-refractivity contribution in [2.24, 2.45) is 4.99 Å². The monoisotopic (exact) mass is 355 g/mol. The van der Waals surface area contributed by atoms with Gasteiger partial charge in [0.2, 0.25) is 0 Å². The van der Waals surface area contributed by atoms with Gasteiger partial charge in [-0.25, -0.2) is 4.39 Å². The number of ether oxygens (including phenoxy) is 1. The highest BCUT2D eigenvalue weighted by atomic mass is 19.1. The zero-order chi connectivity index (χ0) is 18.5. The highest BCUT2D eigenvalue weighted by molar-refractivity contribution is 6.02. The molecule has 1 heterocycles. The van der Waals surface area contributed by atoms with Gasteiger partial charge in [0.1, 0.15) is 5.82 Å². The van der Waals surface area contributed by atoms with Crippen molar-refractivity contribution in [3.8, 4) is 5.88 Å². The van der Waals surface area contributed by atoms with Crippen LogP contribution in [0.15, 0.2) is 47.5 Å². The van der Waals surface area contributed by atoms with Crippen LogP contribution in [0.25, 0.3) is 10.9 Å². The maximum Gasteiger partial charge on any atom is 0.198 e. The molecule has 0 radical (unpaired) electrons. The van der Waals surface area contributed by atoms with Crippen LogP contribution in [0.3, 0.4) is 0 Å². The summed E-state index contributed by atoms with van der Waals surface area (Å²) in [5.41, 5.74) is 2.29. The molecule has 3 N–H and O–H groups in total. The number of nitrogens with one attached hydrogen (secondary N) is 2. The zero-order valence-corrected chi connectivity index (χ0v) is 14.8. The number of benzene rings is 2. The predicted molar refractivity (Wildman–Crippen MR) is 103 cm³/mol. The van der Waals surface area contributed by atoms with Gasteiger partial charge in [0, 0.05) is 36.3 Å². The third-order valence-electron chi connectivity index (χ3n) is 4.24. The fourth-order valence-electron chi connectivity index (χ4n) is 2.80. The minimum absolute atomic E-state index is 0.0408. The first-order valence-electron chi connectivity index (χ1n) is 8.51. The molecule has 1 aromatic heterocycles. The van der Waals surface area contributed by atoms with E-state index in [-0.39, 0.29) is 17.7 Å². The number of para-hydroxylation sites is 1. The molecule has 1 unspecified atom stereocenters. The Kier molecular flexibility index (Phi) is 5.53. The van der Waals surface area contributed by atoms with Crippen LogP contribution in [0.5, 0.6) is 5.88 Å². The van der Waals surface area contributed by atoms with Crippen molar-refractivity contribution < 1.29 is 14.2 Å². The van der Waals surface area contributed by atoms with E-state index in [0.29, 0.717) is 23.5 Å². The summed E-state index contributed by atoms with van der Waals surface area (Å²) in [5, 5.41) is 14.0. The molecule has 0 spiro atoms. The van der Waals surface area contributed by atoms with E-state index in [9.17, 15) is 9.50 Å². The predicted octanol–water partition coefficient (Wildman–Crippen LogP) is 4.60. The molecule has 26 heavy (non-hydrogen) atoms. The van der Waals surface area contributed by atoms with E-state index in [1.54, 1.807) is 19.2 Å². The smallest absolute Gasteiger partial charge is 0.198 e. The molecule has 0 aliphatic carbocycles. The van der Waals surface area contributed by atoms with E-state index in [1.807, 2.05) is 31.2 Å². The number of anilines is 1. The highest BCUT2D eigenvalue weighted by Crippen LogP contribution is 2.27. The fraction of sp³-hybridized carbons (Fsp3) is 0.250. The van der Waals surface area contributed by atoms with Gasteiger partial charge in [-0.3, -0.25) is 4.99 Å². The Hall–Kier alpha value is -2.86. The molecule has 0 aliphatic rings. The summed E-state index contributed by atoms with van der Waals surface area (Å²) in [7, 11) is 1.62. The van der Waals surface area contributed by atoms with Crippen molar-refractivity contribution in [3.63, 3.8) is 0 Å². The van der Waals surface area contributed by atoms with Gasteiger partial charge in [-0.05, 0) is 24.6 Å². The number of aliphatic imine (C=N–C) groups is 1. The van der Waals surface area contributed by atoms with E-state index in [0.717, 1.165) is 17.3 Å². The van der Waals surface area contributed by atoms with E-state index in [4.69, 9.17) is 4.74 Å². The Balaban J connectivity index is 1.81. The molecule has 0 fully saturated rings. The number of H-pyrrole nitrogens is 1. The number of halogens is 1. The van der Waals surface area contributed by atoms with Crippen LogP contribution < -0.4 is 5.32 Å². The number of methoxy groups -OCH3 is 1. The van der Waals surface area contributed by atoms with Crippen LogP contribution in [-0.4, -0.2) is 36.1 Å². The molecule has 2 aromatic carbocycles. The van der Waals surface area contributed by atoms with Gasteiger partial charge < -0.3 is 20.1 Å². The Morgan fingerprint density at radius 3 is 2.85 bits per heavy atom. The largest absolute Gasteiger partial charge is 0.494 e. The highest BCUT2D eigenvalue weighted by Gasteiger charge is 2.10. The van der Waals surface area contributed by atoms with E-state index < -0.39 is 0 Å². The molecule has 6 heteroatoms. The number of aromatic amines is 1. The number of rotatable bonds is 7. The van der Waals surface area contributed by atoms with Crippen molar-refractivity contribution in [1.29, 1.82) is 0 Å². The van der Waals surface area contributed by atoms with Gasteiger partial charge in [0.05, 0.1) is 23.5 Å². The first-order valence-corrected chi connectivity index (χ1v) is 8.51. The SMILES string of the molecule is CCC(COC)Nc1ccc(N=Cc2c(O)[nH]c3ccccc23)cc1F. The second kappa shape index (κ2) is 8.01. The number of hydrogen-bond donors (Lipinski definition) is 3. The lowest BCUT2D eigenvalue weighted by molar-refractivity contribution is 0.184. The topological polar surface area (TPSA) is 69.6 Å². The maximum absolute atomic E-state index is 14.4. The number of aromatic hydroxyl groups is 1. The van der Waals surface area contributed by atoms with Crippen LogP contribution in [0.4, 0.5) is 15.8 Å². The maximum atomic E-state index is 14.4. The Morgan fingerprint density at radius 2 is 2.12 bits per heavy atom. The van der Waals surface area contributed by atoms with Gasteiger partial charge in [0.15, 0.2) is 5.88 Å². The molecule has 1 atom stereocenters. The molecular formula is C20H22FN3O2. The second-order valence-corrected chi connectivity index (χ2v) is 6.06. The molecular weight excluding hydrogens is 333 g/mol. The van der Waals surface area contributed by atoms with Crippen molar-refractivity contribution in [2.45, 2.75) is 19.4 Å². The first kappa shape index (κ1) is 17.9. The standard InChI is InChI=1S/C20H22FN3O2/c1-3-13(12-26-2)23-19-9-8-14(10-17(19)21)22-11-16-15-6-4-5-7-18(15)24-20(16)25/h4-11,13,23-25H,3,12H2,1-2H3. The first-order chi connectivity index (χ1) is 12.6. The molecule has 3 aromatic rings. The average molecular weight is 355 g/mol. The summed E-state index contributed by atoms with van der Waals surface area (Å²) in [6.07, 6.45) is 2.36. The third-order valence-corrected chi connectivity index (χ3v) is 4.24. The lowest BCUT2D eigenvalue weighted by atomic mass is 10.2. The molecule has 5 nitrogen and oxygen atoms in total. The lowest BCUT2D eigenvalue weighted by Crippen LogP contribution is -2.24. The number of aromatic nitrogens is 1. The van der Waals surface area contributed by atoms with Gasteiger partial charge in [-0.2, -0.15) is 0 Å². The summed E-state index contributed by atoms with van der Waals surface area (Å²) >= 11 is 0. The fourth-order valence-corrected chi connectivity index (χ4v) is 2.80. The third kappa shape index (κ3) is 3.86. The van der Waals surface area contributed by atoms with Crippen LogP contribution in [-0.2, 0) is 4.74 Å². The van der Waals surface area contributed by atoms with Crippen LogP contribution >= 0.6 is 0 Å². The van der Waals surface area contributed by atoms with Crippen LogP contribution in [0, 0.1) is 5.82 Å². The minimum atomic E-state index is -0.377. The number of nitrogens with zero attached hydrogens (tertiary/aromatic N) is 1. The number of hydrogen-bond acceptors (Lipinski definition) is 4. The van der Waals surface area contributed by atoms with Gasteiger partial charge >= 0.3 is 0 Å². The van der Waals surface area contributed by atoms with Crippen molar-refractivity contribution in [3.05, 3.63) is 53.8 Å². The Labute approximate surface area is 151 Å². The van der Waals surface area contributed by atoms with E-state index in [1.165, 1.54) is 12.3 Å². The van der Waals surface area contributed by atoms with Crippen LogP contribution in [0.2, 0.25) is 0 Å². The van der Waals surface area contributed by atoms with Gasteiger partial charge in [-0.1, -0.05) is 25.1 Å². The van der Waals surface area contributed by atoms with Crippen molar-refractivity contribution in [1.82, 2.24) is 4.98 Å². The normalized spacial score (nSPS) is 12.7. The van der Waals surface area contributed by atoms with Crippen LogP contribution in [0.1, 0.15) is 18.9 Å². The zero-order valence-electron chi connectivity index (χ0n) is 14.8. The van der Waals surface area contributed by atoms with Gasteiger partial charge in [-0.15, -0.1) is 0 Å². The summed E-state index contributed by atoms with van der Waals surface area (Å²) in [5.74, 6) is -0.337. The number of fused-ring (bicyclic) bond motifs is 1. The average Bonchev–Trinajstić information content (AvgIpc) is 2.96. The minimum Gasteiger partial charge on any atom is -0.494 e. The molecule has 0 saturated carbocycles. The summed E-state index contributed by atoms with van der Waals surface area (Å²) in [6, 6.07) is 12.3. The van der Waals surface area contributed by atoms with E-state index in [2.05, 4.69) is 15.3 Å². The Bertz CT molecular complexity index is 921. The van der Waals surface area contributed by atoms with Gasteiger partial charge in [0.25, 0.3) is 0 Å².